The molecule has 1 aliphatic heterocycles. The van der Waals surface area contributed by atoms with E-state index in [1.807, 2.05) is 24.4 Å². The number of amides is 1. The van der Waals surface area contributed by atoms with Gasteiger partial charge in [-0.3, -0.25) is 9.59 Å². The van der Waals surface area contributed by atoms with Crippen LogP contribution in [0.1, 0.15) is 37.3 Å². The molecule has 0 aliphatic carbocycles. The number of aliphatic hydroxyl groups is 1. The SMILES string of the molecule is CCOc1cccc(C(O)=C2C(=O)C(=O)N(CCN(CC)CC)C2c2cccs2)c1. The zero-order valence-electron chi connectivity index (χ0n) is 17.6. The molecule has 1 aliphatic rings. The predicted octanol–water partition coefficient (Wildman–Crippen LogP) is 3.91. The summed E-state index contributed by atoms with van der Waals surface area (Å²) in [5.74, 6) is -0.779. The number of Topliss-reactive ketones (excluding diaryl/α,β-unsaturated/α-hetero) is 1. The molecule has 1 aromatic carbocycles. The number of ether oxygens (including phenoxy) is 1. The molecule has 1 fully saturated rings. The van der Waals surface area contributed by atoms with Crippen LogP contribution >= 0.6 is 11.3 Å². The summed E-state index contributed by atoms with van der Waals surface area (Å²) in [4.78, 5) is 30.5. The summed E-state index contributed by atoms with van der Waals surface area (Å²) in [7, 11) is 0. The molecule has 0 saturated carbocycles. The molecule has 1 unspecified atom stereocenters. The maximum atomic E-state index is 13.0. The third-order valence-electron chi connectivity index (χ3n) is 5.32. The Kier molecular flexibility index (Phi) is 7.29. The first-order valence-electron chi connectivity index (χ1n) is 10.3. The minimum Gasteiger partial charge on any atom is -0.507 e. The molecule has 1 amide bonds. The van der Waals surface area contributed by atoms with E-state index >= 15 is 0 Å². The summed E-state index contributed by atoms with van der Waals surface area (Å²) in [6.07, 6.45) is 0. The Morgan fingerprint density at radius 3 is 2.57 bits per heavy atom. The molecule has 7 heteroatoms. The van der Waals surface area contributed by atoms with E-state index in [1.165, 1.54) is 11.3 Å². The van der Waals surface area contributed by atoms with Crippen molar-refractivity contribution in [2.45, 2.75) is 26.8 Å². The second-order valence-corrected chi connectivity index (χ2v) is 7.97. The van der Waals surface area contributed by atoms with Gasteiger partial charge >= 0.3 is 0 Å². The highest BCUT2D eigenvalue weighted by Crippen LogP contribution is 2.41. The van der Waals surface area contributed by atoms with Gasteiger partial charge in [0.25, 0.3) is 11.7 Å². The van der Waals surface area contributed by atoms with Crippen LogP contribution < -0.4 is 4.74 Å². The normalized spacial score (nSPS) is 18.4. The molecule has 0 radical (unpaired) electrons. The zero-order chi connectivity index (χ0) is 21.7. The number of benzene rings is 1. The summed E-state index contributed by atoms with van der Waals surface area (Å²) in [6.45, 7) is 9.34. The predicted molar refractivity (Wildman–Crippen MR) is 119 cm³/mol. The van der Waals surface area contributed by atoms with E-state index in [-0.39, 0.29) is 11.3 Å². The van der Waals surface area contributed by atoms with E-state index in [0.29, 0.717) is 31.0 Å². The molecule has 1 aromatic heterocycles. The van der Waals surface area contributed by atoms with Crippen molar-refractivity contribution in [2.24, 2.45) is 0 Å². The lowest BCUT2D eigenvalue weighted by atomic mass is 9.99. The van der Waals surface area contributed by atoms with Gasteiger partial charge in [0, 0.05) is 23.5 Å². The van der Waals surface area contributed by atoms with Crippen molar-refractivity contribution in [3.63, 3.8) is 0 Å². The van der Waals surface area contributed by atoms with Gasteiger partial charge in [0.05, 0.1) is 18.2 Å². The fourth-order valence-corrected chi connectivity index (χ4v) is 4.54. The van der Waals surface area contributed by atoms with Gasteiger partial charge in [0.15, 0.2) is 0 Å². The summed E-state index contributed by atoms with van der Waals surface area (Å²) in [6, 6.07) is 10.2. The Labute approximate surface area is 181 Å². The summed E-state index contributed by atoms with van der Waals surface area (Å²) < 4.78 is 5.52. The van der Waals surface area contributed by atoms with Crippen molar-refractivity contribution in [1.29, 1.82) is 0 Å². The Bertz CT molecular complexity index is 919. The zero-order valence-corrected chi connectivity index (χ0v) is 18.4. The van der Waals surface area contributed by atoms with Crippen molar-refractivity contribution in [2.75, 3.05) is 32.8 Å². The number of nitrogens with zero attached hydrogens (tertiary/aromatic N) is 2. The maximum absolute atomic E-state index is 13.0. The topological polar surface area (TPSA) is 70.1 Å². The fourth-order valence-electron chi connectivity index (χ4n) is 3.70. The molecule has 0 spiro atoms. The highest BCUT2D eigenvalue weighted by Gasteiger charge is 2.46. The van der Waals surface area contributed by atoms with Crippen LogP contribution in [0.5, 0.6) is 5.75 Å². The lowest BCUT2D eigenvalue weighted by Gasteiger charge is -2.27. The first-order chi connectivity index (χ1) is 14.5. The lowest BCUT2D eigenvalue weighted by Crippen LogP contribution is -2.37. The monoisotopic (exact) mass is 428 g/mol. The third kappa shape index (κ3) is 4.42. The van der Waals surface area contributed by atoms with Gasteiger partial charge in [-0.25, -0.2) is 0 Å². The first-order valence-corrected chi connectivity index (χ1v) is 11.2. The van der Waals surface area contributed by atoms with Crippen molar-refractivity contribution in [3.8, 4) is 5.75 Å². The smallest absolute Gasteiger partial charge is 0.295 e. The second kappa shape index (κ2) is 9.91. The quantitative estimate of drug-likeness (QED) is 0.373. The van der Waals surface area contributed by atoms with Crippen LogP contribution in [0.3, 0.4) is 0 Å². The molecule has 0 bridgehead atoms. The van der Waals surface area contributed by atoms with Crippen molar-refractivity contribution < 1.29 is 19.4 Å². The molecular formula is C23H28N2O4S. The van der Waals surface area contributed by atoms with Crippen LogP contribution in [-0.2, 0) is 9.59 Å². The highest BCUT2D eigenvalue weighted by atomic mass is 32.1. The Hall–Kier alpha value is -2.64. The van der Waals surface area contributed by atoms with Crippen molar-refractivity contribution in [1.82, 2.24) is 9.80 Å². The van der Waals surface area contributed by atoms with E-state index in [2.05, 4.69) is 18.7 Å². The number of carbonyl (C=O) groups is 2. The molecule has 1 N–H and O–H groups in total. The van der Waals surface area contributed by atoms with E-state index in [4.69, 9.17) is 4.74 Å². The van der Waals surface area contributed by atoms with Gasteiger partial charge in [0.1, 0.15) is 11.5 Å². The van der Waals surface area contributed by atoms with Crippen LogP contribution in [0.2, 0.25) is 0 Å². The Balaban J connectivity index is 2.03. The molecule has 1 saturated heterocycles. The molecule has 30 heavy (non-hydrogen) atoms. The number of ketones is 1. The first kappa shape index (κ1) is 22.1. The Morgan fingerprint density at radius 2 is 1.93 bits per heavy atom. The summed E-state index contributed by atoms with van der Waals surface area (Å²) in [5.41, 5.74) is 0.597. The highest BCUT2D eigenvalue weighted by molar-refractivity contribution is 7.10. The van der Waals surface area contributed by atoms with Gasteiger partial charge in [-0.1, -0.05) is 32.0 Å². The Morgan fingerprint density at radius 1 is 1.17 bits per heavy atom. The van der Waals surface area contributed by atoms with Crippen molar-refractivity contribution >= 4 is 28.8 Å². The molecule has 2 heterocycles. The van der Waals surface area contributed by atoms with Crippen molar-refractivity contribution in [3.05, 3.63) is 57.8 Å². The van der Waals surface area contributed by atoms with Gasteiger partial charge < -0.3 is 19.6 Å². The number of rotatable bonds is 9. The molecular weight excluding hydrogens is 400 g/mol. The fraction of sp³-hybridized carbons (Fsp3) is 0.391. The lowest BCUT2D eigenvalue weighted by molar-refractivity contribution is -0.140. The molecule has 2 aromatic rings. The molecule has 3 rings (SSSR count). The molecule has 1 atom stereocenters. The second-order valence-electron chi connectivity index (χ2n) is 7.00. The molecule has 6 nitrogen and oxygen atoms in total. The number of hydrogen-bond acceptors (Lipinski definition) is 6. The minimum atomic E-state index is -0.646. The van der Waals surface area contributed by atoms with E-state index < -0.39 is 17.7 Å². The van der Waals surface area contributed by atoms with Gasteiger partial charge in [-0.15, -0.1) is 11.3 Å². The maximum Gasteiger partial charge on any atom is 0.295 e. The number of aliphatic hydroxyl groups excluding tert-OH is 1. The molecule has 160 valence electrons. The number of likely N-dealkylation sites (tertiary alicyclic amines) is 1. The number of carbonyl (C=O) groups excluding carboxylic acids is 2. The van der Waals surface area contributed by atoms with Gasteiger partial charge in [-0.05, 0) is 43.6 Å². The summed E-state index contributed by atoms with van der Waals surface area (Å²) in [5, 5.41) is 13.0. The van der Waals surface area contributed by atoms with Gasteiger partial charge in [0.2, 0.25) is 0 Å². The average molecular weight is 429 g/mol. The van der Waals surface area contributed by atoms with E-state index in [9.17, 15) is 14.7 Å². The number of thiophene rings is 1. The van der Waals surface area contributed by atoms with Gasteiger partial charge in [-0.2, -0.15) is 0 Å². The van der Waals surface area contributed by atoms with Crippen LogP contribution in [0.25, 0.3) is 5.76 Å². The van der Waals surface area contributed by atoms with Crippen LogP contribution in [0.4, 0.5) is 0 Å². The van der Waals surface area contributed by atoms with E-state index in [0.717, 1.165) is 18.0 Å². The largest absolute Gasteiger partial charge is 0.507 e. The van der Waals surface area contributed by atoms with Crippen LogP contribution in [-0.4, -0.2) is 59.4 Å². The van der Waals surface area contributed by atoms with Crippen LogP contribution in [0.15, 0.2) is 47.4 Å². The minimum absolute atomic E-state index is 0.135. The van der Waals surface area contributed by atoms with Crippen LogP contribution in [0, 0.1) is 0 Å². The standard InChI is InChI=1S/C23H28N2O4S/c1-4-24(5-2)12-13-25-20(18-11-8-14-30-18)19(22(27)23(25)28)21(26)16-9-7-10-17(15-16)29-6-3/h7-11,14-15,20,26H,4-6,12-13H2,1-3H3. The summed E-state index contributed by atoms with van der Waals surface area (Å²) >= 11 is 1.47. The average Bonchev–Trinajstić information content (AvgIpc) is 3.37. The van der Waals surface area contributed by atoms with E-state index in [1.54, 1.807) is 29.2 Å². The number of hydrogen-bond donors (Lipinski definition) is 1. The third-order valence-corrected chi connectivity index (χ3v) is 6.25. The number of likely N-dealkylation sites (N-methyl/N-ethyl adjacent to an activating group) is 1.